The number of anilines is 1. The van der Waals surface area contributed by atoms with Crippen LogP contribution in [-0.4, -0.2) is 42.7 Å². The Bertz CT molecular complexity index is 394. The first kappa shape index (κ1) is 17.5. The predicted octanol–water partition coefficient (Wildman–Crippen LogP) is 3.50. The maximum Gasteiger partial charge on any atom is 0.0702 e. The second-order valence-corrected chi connectivity index (χ2v) is 5.81. The molecule has 0 saturated carbocycles. The van der Waals surface area contributed by atoms with Crippen molar-refractivity contribution in [3.8, 4) is 0 Å². The highest BCUT2D eigenvalue weighted by molar-refractivity contribution is 9.10. The lowest BCUT2D eigenvalue weighted by Crippen LogP contribution is -2.30. The molecule has 4 heteroatoms. The largest absolute Gasteiger partial charge is 0.392 e. The Morgan fingerprint density at radius 3 is 2.30 bits per heavy atom. The summed E-state index contributed by atoms with van der Waals surface area (Å²) in [6.07, 6.45) is 1.15. The average molecular weight is 343 g/mol. The first-order valence-electron chi connectivity index (χ1n) is 7.52. The lowest BCUT2D eigenvalue weighted by Gasteiger charge is -2.27. The van der Waals surface area contributed by atoms with E-state index in [2.05, 4.69) is 52.6 Å². The molecular formula is C16H27BrN2O. The Kier molecular flexibility index (Phi) is 8.19. The molecule has 1 aromatic rings. The molecule has 0 spiro atoms. The maximum atomic E-state index is 9.49. The Morgan fingerprint density at radius 1 is 1.05 bits per heavy atom. The van der Waals surface area contributed by atoms with Crippen LogP contribution in [0.2, 0.25) is 0 Å². The molecule has 114 valence electrons. The third-order valence-electron chi connectivity index (χ3n) is 3.74. The Balaban J connectivity index is 2.68. The van der Waals surface area contributed by atoms with Crippen LogP contribution in [0.1, 0.15) is 32.8 Å². The van der Waals surface area contributed by atoms with E-state index in [9.17, 15) is 5.11 Å². The fourth-order valence-electron chi connectivity index (χ4n) is 2.44. The van der Waals surface area contributed by atoms with E-state index in [1.54, 1.807) is 0 Å². The van der Waals surface area contributed by atoms with Crippen LogP contribution in [0.5, 0.6) is 0 Å². The Morgan fingerprint density at radius 2 is 1.75 bits per heavy atom. The van der Waals surface area contributed by atoms with Gasteiger partial charge in [0.25, 0.3) is 0 Å². The van der Waals surface area contributed by atoms with Gasteiger partial charge in [0.05, 0.1) is 6.61 Å². The minimum Gasteiger partial charge on any atom is -0.392 e. The molecule has 0 saturated heterocycles. The van der Waals surface area contributed by atoms with Gasteiger partial charge in [-0.25, -0.2) is 0 Å². The number of rotatable bonds is 9. The van der Waals surface area contributed by atoms with Crippen LogP contribution in [0, 0.1) is 0 Å². The van der Waals surface area contributed by atoms with E-state index >= 15 is 0 Å². The first-order valence-corrected chi connectivity index (χ1v) is 8.32. The van der Waals surface area contributed by atoms with Crippen molar-refractivity contribution in [2.45, 2.75) is 33.8 Å². The van der Waals surface area contributed by atoms with Crippen LogP contribution in [0.3, 0.4) is 0 Å². The predicted molar refractivity (Wildman–Crippen MR) is 90.4 cm³/mol. The number of halogens is 1. The normalized spacial score (nSPS) is 11.1. The summed E-state index contributed by atoms with van der Waals surface area (Å²) in [6, 6.07) is 6.08. The molecule has 0 aliphatic rings. The van der Waals surface area contributed by atoms with Gasteiger partial charge in [0.1, 0.15) is 0 Å². The van der Waals surface area contributed by atoms with Crippen molar-refractivity contribution in [1.82, 2.24) is 4.90 Å². The van der Waals surface area contributed by atoms with Crippen molar-refractivity contribution in [2.75, 3.05) is 37.6 Å². The molecule has 0 aliphatic carbocycles. The molecule has 1 aromatic carbocycles. The van der Waals surface area contributed by atoms with Crippen molar-refractivity contribution in [3.05, 3.63) is 28.2 Å². The summed E-state index contributed by atoms with van der Waals surface area (Å²) < 4.78 is 1.06. The molecule has 0 heterocycles. The summed E-state index contributed by atoms with van der Waals surface area (Å²) in [5.41, 5.74) is 2.14. The fourth-order valence-corrected chi connectivity index (χ4v) is 2.79. The van der Waals surface area contributed by atoms with E-state index in [1.807, 2.05) is 12.1 Å². The zero-order chi connectivity index (χ0) is 15.0. The smallest absolute Gasteiger partial charge is 0.0702 e. The van der Waals surface area contributed by atoms with Crippen molar-refractivity contribution in [2.24, 2.45) is 0 Å². The van der Waals surface area contributed by atoms with Crippen LogP contribution in [-0.2, 0) is 6.61 Å². The van der Waals surface area contributed by atoms with Crippen molar-refractivity contribution in [3.63, 3.8) is 0 Å². The molecule has 0 fully saturated rings. The molecular weight excluding hydrogens is 316 g/mol. The van der Waals surface area contributed by atoms with E-state index in [-0.39, 0.29) is 6.61 Å². The van der Waals surface area contributed by atoms with Crippen LogP contribution < -0.4 is 4.90 Å². The zero-order valence-corrected chi connectivity index (χ0v) is 14.5. The third-order valence-corrected chi connectivity index (χ3v) is 4.23. The molecule has 1 rings (SSSR count). The zero-order valence-electron chi connectivity index (χ0n) is 12.9. The summed E-state index contributed by atoms with van der Waals surface area (Å²) in [5, 5.41) is 9.49. The van der Waals surface area contributed by atoms with E-state index in [0.29, 0.717) is 0 Å². The van der Waals surface area contributed by atoms with Gasteiger partial charge < -0.3 is 14.9 Å². The summed E-state index contributed by atoms with van der Waals surface area (Å²) in [6.45, 7) is 12.0. The fraction of sp³-hybridized carbons (Fsp3) is 0.625. The van der Waals surface area contributed by atoms with E-state index < -0.39 is 0 Å². The number of hydrogen-bond donors (Lipinski definition) is 1. The van der Waals surface area contributed by atoms with E-state index in [4.69, 9.17) is 0 Å². The quantitative estimate of drug-likeness (QED) is 0.743. The number of aliphatic hydroxyl groups is 1. The first-order chi connectivity index (χ1) is 9.65. The standard InChI is InChI=1S/C16H27BrN2O/c1-4-18(5-2)10-7-11-19(6-3)16-12-15(17)9-8-14(16)13-20/h8-9,12,20H,4-7,10-11,13H2,1-3H3. The highest BCUT2D eigenvalue weighted by atomic mass is 79.9. The minimum atomic E-state index is 0.0924. The van der Waals surface area contributed by atoms with Gasteiger partial charge >= 0.3 is 0 Å². The number of hydrogen-bond acceptors (Lipinski definition) is 3. The number of benzene rings is 1. The molecule has 0 aromatic heterocycles. The molecule has 0 amide bonds. The topological polar surface area (TPSA) is 26.7 Å². The van der Waals surface area contributed by atoms with Crippen molar-refractivity contribution >= 4 is 21.6 Å². The molecule has 20 heavy (non-hydrogen) atoms. The van der Waals surface area contributed by atoms with E-state index in [0.717, 1.165) is 54.9 Å². The minimum absolute atomic E-state index is 0.0924. The van der Waals surface area contributed by atoms with Gasteiger partial charge in [-0.05, 0) is 45.1 Å². The molecule has 0 bridgehead atoms. The van der Waals surface area contributed by atoms with Gasteiger partial charge in [-0.2, -0.15) is 0 Å². The number of aliphatic hydroxyl groups excluding tert-OH is 1. The van der Waals surface area contributed by atoms with Gasteiger partial charge in [0.2, 0.25) is 0 Å². The summed E-state index contributed by atoms with van der Waals surface area (Å²) in [7, 11) is 0. The SMILES string of the molecule is CCN(CC)CCCN(CC)c1cc(Br)ccc1CO. The second-order valence-electron chi connectivity index (χ2n) is 4.89. The maximum absolute atomic E-state index is 9.49. The summed E-state index contributed by atoms with van der Waals surface area (Å²) >= 11 is 3.52. The Labute approximate surface area is 131 Å². The lowest BCUT2D eigenvalue weighted by molar-refractivity contribution is 0.281. The van der Waals surface area contributed by atoms with Crippen LogP contribution in [0.4, 0.5) is 5.69 Å². The van der Waals surface area contributed by atoms with Gasteiger partial charge in [-0.3, -0.25) is 0 Å². The van der Waals surface area contributed by atoms with Crippen LogP contribution in [0.25, 0.3) is 0 Å². The van der Waals surface area contributed by atoms with Gasteiger partial charge in [-0.15, -0.1) is 0 Å². The monoisotopic (exact) mass is 342 g/mol. The highest BCUT2D eigenvalue weighted by Crippen LogP contribution is 2.25. The van der Waals surface area contributed by atoms with Gasteiger partial charge in [0, 0.05) is 28.8 Å². The van der Waals surface area contributed by atoms with Crippen LogP contribution in [0.15, 0.2) is 22.7 Å². The lowest BCUT2D eigenvalue weighted by atomic mass is 10.1. The molecule has 1 N–H and O–H groups in total. The average Bonchev–Trinajstić information content (AvgIpc) is 2.47. The third kappa shape index (κ3) is 5.08. The molecule has 0 aliphatic heterocycles. The van der Waals surface area contributed by atoms with E-state index in [1.165, 1.54) is 0 Å². The molecule has 3 nitrogen and oxygen atoms in total. The highest BCUT2D eigenvalue weighted by Gasteiger charge is 2.10. The van der Waals surface area contributed by atoms with Gasteiger partial charge in [0.15, 0.2) is 0 Å². The summed E-state index contributed by atoms with van der Waals surface area (Å²) in [4.78, 5) is 4.79. The van der Waals surface area contributed by atoms with Crippen molar-refractivity contribution in [1.29, 1.82) is 0 Å². The van der Waals surface area contributed by atoms with Gasteiger partial charge in [-0.1, -0.05) is 35.8 Å². The van der Waals surface area contributed by atoms with Crippen molar-refractivity contribution < 1.29 is 5.11 Å². The summed E-state index contributed by atoms with van der Waals surface area (Å²) in [5.74, 6) is 0. The number of nitrogens with zero attached hydrogens (tertiary/aromatic N) is 2. The molecule has 0 unspecified atom stereocenters. The molecule has 0 atom stereocenters. The second kappa shape index (κ2) is 9.37. The molecule has 0 radical (unpaired) electrons. The Hall–Kier alpha value is -0.580. The van der Waals surface area contributed by atoms with Crippen LogP contribution >= 0.6 is 15.9 Å².